The van der Waals surface area contributed by atoms with Gasteiger partial charge in [-0.2, -0.15) is 0 Å². The van der Waals surface area contributed by atoms with Crippen molar-refractivity contribution in [2.75, 3.05) is 0 Å². The Kier molecular flexibility index (Phi) is 3.20. The molecule has 0 fully saturated rings. The number of nitrogens with zero attached hydrogens (tertiary/aromatic N) is 2. The van der Waals surface area contributed by atoms with Gasteiger partial charge in [0.05, 0.1) is 5.92 Å². The fraction of sp³-hybridized carbons (Fsp3) is 0.200. The molecule has 13 heavy (non-hydrogen) atoms. The molecule has 0 radical (unpaired) electrons. The highest BCUT2D eigenvalue weighted by atomic mass is 16.2. The highest BCUT2D eigenvalue weighted by Crippen LogP contribution is 2.02. The second-order valence-electron chi connectivity index (χ2n) is 2.72. The van der Waals surface area contributed by atoms with Gasteiger partial charge in [0.25, 0.3) is 0 Å². The SMILES string of the molecule is C=CC=CC(C)C(=O)n1ccnc1. The molecule has 0 amide bonds. The van der Waals surface area contributed by atoms with Gasteiger partial charge in [-0.25, -0.2) is 4.98 Å². The van der Waals surface area contributed by atoms with Crippen molar-refractivity contribution in [3.8, 4) is 0 Å². The second kappa shape index (κ2) is 4.40. The molecule has 0 saturated heterocycles. The number of carbonyl (C=O) groups excluding carboxylic acids is 1. The van der Waals surface area contributed by atoms with E-state index in [1.807, 2.05) is 6.92 Å². The summed E-state index contributed by atoms with van der Waals surface area (Å²) in [6.45, 7) is 5.37. The summed E-state index contributed by atoms with van der Waals surface area (Å²) in [5, 5.41) is 0. The van der Waals surface area contributed by atoms with Gasteiger partial charge < -0.3 is 0 Å². The van der Waals surface area contributed by atoms with Gasteiger partial charge in [-0.3, -0.25) is 9.36 Å². The molecule has 1 aromatic rings. The molecule has 0 saturated carbocycles. The number of carbonyl (C=O) groups is 1. The van der Waals surface area contributed by atoms with E-state index < -0.39 is 0 Å². The zero-order valence-electron chi connectivity index (χ0n) is 7.55. The maximum atomic E-state index is 11.5. The molecular formula is C10H12N2O. The lowest BCUT2D eigenvalue weighted by atomic mass is 10.1. The maximum Gasteiger partial charge on any atom is 0.238 e. The lowest BCUT2D eigenvalue weighted by Crippen LogP contribution is -2.15. The van der Waals surface area contributed by atoms with Crippen molar-refractivity contribution >= 4 is 5.91 Å². The minimum Gasteiger partial charge on any atom is -0.276 e. The highest BCUT2D eigenvalue weighted by Gasteiger charge is 2.10. The fourth-order valence-electron chi connectivity index (χ4n) is 0.952. The van der Waals surface area contributed by atoms with Crippen molar-refractivity contribution in [2.24, 2.45) is 5.92 Å². The van der Waals surface area contributed by atoms with Crippen LogP contribution in [0.4, 0.5) is 0 Å². The maximum absolute atomic E-state index is 11.5. The molecule has 0 N–H and O–H groups in total. The first kappa shape index (κ1) is 9.45. The first-order valence-corrected chi connectivity index (χ1v) is 4.07. The molecule has 1 unspecified atom stereocenters. The van der Waals surface area contributed by atoms with E-state index in [1.165, 1.54) is 10.9 Å². The lowest BCUT2D eigenvalue weighted by Gasteiger charge is -2.04. The Hall–Kier alpha value is -1.64. The Morgan fingerprint density at radius 3 is 3.00 bits per heavy atom. The second-order valence-corrected chi connectivity index (χ2v) is 2.72. The van der Waals surface area contributed by atoms with Gasteiger partial charge >= 0.3 is 0 Å². The number of rotatable bonds is 3. The lowest BCUT2D eigenvalue weighted by molar-refractivity contribution is 0.0870. The van der Waals surface area contributed by atoms with Crippen LogP contribution in [0.2, 0.25) is 0 Å². The van der Waals surface area contributed by atoms with Crippen LogP contribution in [-0.4, -0.2) is 15.5 Å². The highest BCUT2D eigenvalue weighted by molar-refractivity contribution is 5.82. The largest absolute Gasteiger partial charge is 0.276 e. The van der Waals surface area contributed by atoms with Crippen LogP contribution in [0.1, 0.15) is 11.7 Å². The predicted molar refractivity (Wildman–Crippen MR) is 51.4 cm³/mol. The third-order valence-corrected chi connectivity index (χ3v) is 1.68. The van der Waals surface area contributed by atoms with Gasteiger partial charge in [-0.05, 0) is 0 Å². The van der Waals surface area contributed by atoms with Crippen molar-refractivity contribution in [3.63, 3.8) is 0 Å². The van der Waals surface area contributed by atoms with Crippen LogP contribution in [-0.2, 0) is 0 Å². The Balaban J connectivity index is 2.68. The number of aromatic nitrogens is 2. The summed E-state index contributed by atoms with van der Waals surface area (Å²) in [7, 11) is 0. The number of allylic oxidation sites excluding steroid dienone is 3. The van der Waals surface area contributed by atoms with Gasteiger partial charge in [0.2, 0.25) is 5.91 Å². The third kappa shape index (κ3) is 2.40. The van der Waals surface area contributed by atoms with Crippen LogP contribution >= 0.6 is 0 Å². The first-order chi connectivity index (χ1) is 6.25. The molecule has 0 aliphatic heterocycles. The van der Waals surface area contributed by atoms with Gasteiger partial charge in [0.1, 0.15) is 6.33 Å². The zero-order valence-corrected chi connectivity index (χ0v) is 7.55. The molecule has 0 aliphatic carbocycles. The monoisotopic (exact) mass is 176 g/mol. The molecule has 1 aromatic heterocycles. The fourth-order valence-corrected chi connectivity index (χ4v) is 0.952. The van der Waals surface area contributed by atoms with Gasteiger partial charge in [-0.1, -0.05) is 31.7 Å². The Labute approximate surface area is 77.4 Å². The Bertz CT molecular complexity index is 312. The molecule has 1 rings (SSSR count). The van der Waals surface area contributed by atoms with Crippen LogP contribution in [0.15, 0.2) is 43.5 Å². The Morgan fingerprint density at radius 2 is 2.46 bits per heavy atom. The minimum atomic E-state index is -0.146. The standard InChI is InChI=1S/C10H12N2O/c1-3-4-5-9(2)10(13)12-7-6-11-8-12/h3-9H,1H2,2H3. The van der Waals surface area contributed by atoms with Crippen molar-refractivity contribution in [1.82, 2.24) is 9.55 Å². The van der Waals surface area contributed by atoms with Crippen LogP contribution in [0, 0.1) is 5.92 Å². The summed E-state index contributed by atoms with van der Waals surface area (Å²) < 4.78 is 1.47. The smallest absolute Gasteiger partial charge is 0.238 e. The average molecular weight is 176 g/mol. The predicted octanol–water partition coefficient (Wildman–Crippen LogP) is 1.90. The van der Waals surface area contributed by atoms with Gasteiger partial charge in [-0.15, -0.1) is 0 Å². The van der Waals surface area contributed by atoms with E-state index in [0.717, 1.165) is 0 Å². The van der Waals surface area contributed by atoms with E-state index in [-0.39, 0.29) is 11.8 Å². The summed E-state index contributed by atoms with van der Waals surface area (Å²) in [6, 6.07) is 0. The summed E-state index contributed by atoms with van der Waals surface area (Å²) in [6.07, 6.45) is 9.94. The summed E-state index contributed by atoms with van der Waals surface area (Å²) in [5.74, 6) is -0.136. The van der Waals surface area contributed by atoms with Crippen LogP contribution < -0.4 is 0 Å². The quantitative estimate of drug-likeness (QED) is 0.659. The average Bonchev–Trinajstić information content (AvgIpc) is 2.65. The van der Waals surface area contributed by atoms with Crippen LogP contribution in [0.5, 0.6) is 0 Å². The molecule has 0 spiro atoms. The summed E-state index contributed by atoms with van der Waals surface area (Å²) in [5.41, 5.74) is 0. The Morgan fingerprint density at radius 1 is 1.69 bits per heavy atom. The van der Waals surface area contributed by atoms with Gasteiger partial charge in [0, 0.05) is 12.4 Å². The van der Waals surface area contributed by atoms with E-state index >= 15 is 0 Å². The molecule has 0 aliphatic rings. The molecular weight excluding hydrogens is 164 g/mol. The number of imidazole rings is 1. The van der Waals surface area contributed by atoms with Crippen LogP contribution in [0.3, 0.4) is 0 Å². The van der Waals surface area contributed by atoms with E-state index in [9.17, 15) is 4.79 Å². The van der Waals surface area contributed by atoms with Crippen molar-refractivity contribution < 1.29 is 4.79 Å². The molecule has 0 aromatic carbocycles. The van der Waals surface area contributed by atoms with E-state index in [0.29, 0.717) is 0 Å². The van der Waals surface area contributed by atoms with Gasteiger partial charge in [0.15, 0.2) is 0 Å². The topological polar surface area (TPSA) is 34.9 Å². The molecule has 68 valence electrons. The number of hydrogen-bond acceptors (Lipinski definition) is 2. The van der Waals surface area contributed by atoms with Crippen molar-refractivity contribution in [2.45, 2.75) is 6.92 Å². The number of hydrogen-bond donors (Lipinski definition) is 0. The molecule has 1 heterocycles. The third-order valence-electron chi connectivity index (χ3n) is 1.68. The van der Waals surface area contributed by atoms with E-state index in [4.69, 9.17) is 0 Å². The zero-order chi connectivity index (χ0) is 9.68. The minimum absolute atomic E-state index is 0.00981. The normalized spacial score (nSPS) is 13.0. The first-order valence-electron chi connectivity index (χ1n) is 4.07. The van der Waals surface area contributed by atoms with Crippen LogP contribution in [0.25, 0.3) is 0 Å². The van der Waals surface area contributed by atoms with Crippen molar-refractivity contribution in [3.05, 3.63) is 43.5 Å². The molecule has 3 nitrogen and oxygen atoms in total. The van der Waals surface area contributed by atoms with Crippen molar-refractivity contribution in [1.29, 1.82) is 0 Å². The molecule has 3 heteroatoms. The summed E-state index contributed by atoms with van der Waals surface area (Å²) >= 11 is 0. The van der Waals surface area contributed by atoms with E-state index in [1.54, 1.807) is 30.6 Å². The molecule has 0 bridgehead atoms. The van der Waals surface area contributed by atoms with E-state index in [2.05, 4.69) is 11.6 Å². The summed E-state index contributed by atoms with van der Waals surface area (Å²) in [4.78, 5) is 15.4. The molecule has 1 atom stereocenters.